The predicted octanol–water partition coefficient (Wildman–Crippen LogP) is 4.28. The summed E-state index contributed by atoms with van der Waals surface area (Å²) in [7, 11) is 0. The van der Waals surface area contributed by atoms with Gasteiger partial charge >= 0.3 is 0 Å². The third-order valence-electron chi connectivity index (χ3n) is 4.10. The number of halogens is 2. The van der Waals surface area contributed by atoms with Crippen molar-refractivity contribution in [2.75, 3.05) is 0 Å². The van der Waals surface area contributed by atoms with Gasteiger partial charge < -0.3 is 9.72 Å². The Morgan fingerprint density at radius 1 is 1.11 bits per heavy atom. The first-order chi connectivity index (χ1) is 13.0. The number of aromatic amines is 1. The number of hydrogen-bond acceptors (Lipinski definition) is 4. The highest BCUT2D eigenvalue weighted by Gasteiger charge is 2.13. The molecule has 1 N–H and O–H groups in total. The van der Waals surface area contributed by atoms with E-state index in [-0.39, 0.29) is 12.2 Å². The molecule has 2 heterocycles. The Kier molecular flexibility index (Phi) is 4.59. The topological polar surface area (TPSA) is 72.3 Å². The van der Waals surface area contributed by atoms with Gasteiger partial charge in [-0.05, 0) is 31.2 Å². The summed E-state index contributed by atoms with van der Waals surface area (Å²) < 4.78 is 6.99. The summed E-state index contributed by atoms with van der Waals surface area (Å²) in [6, 6.07) is 14.1. The first-order valence-electron chi connectivity index (χ1n) is 8.15. The van der Waals surface area contributed by atoms with E-state index < -0.39 is 0 Å². The third kappa shape index (κ3) is 3.41. The Balaban J connectivity index is 1.66. The summed E-state index contributed by atoms with van der Waals surface area (Å²) in [6.07, 6.45) is 0. The number of benzene rings is 2. The average molecular weight is 401 g/mol. The van der Waals surface area contributed by atoms with Crippen LogP contribution in [0.3, 0.4) is 0 Å². The van der Waals surface area contributed by atoms with E-state index in [9.17, 15) is 4.79 Å². The van der Waals surface area contributed by atoms with Gasteiger partial charge in [-0.3, -0.25) is 4.79 Å². The molecular weight excluding hydrogens is 387 g/mol. The van der Waals surface area contributed by atoms with Gasteiger partial charge in [0.1, 0.15) is 12.4 Å². The molecule has 0 aliphatic carbocycles. The van der Waals surface area contributed by atoms with Crippen LogP contribution in [-0.2, 0) is 6.61 Å². The van der Waals surface area contributed by atoms with E-state index >= 15 is 0 Å². The van der Waals surface area contributed by atoms with E-state index in [1.165, 1.54) is 10.6 Å². The number of nitrogens with one attached hydrogen (secondary N) is 1. The molecule has 4 aromatic rings. The molecule has 0 atom stereocenters. The molecule has 0 radical (unpaired) electrons. The molecule has 0 fully saturated rings. The molecule has 2 aromatic heterocycles. The summed E-state index contributed by atoms with van der Waals surface area (Å²) >= 11 is 12.3. The first kappa shape index (κ1) is 17.6. The third-order valence-corrected chi connectivity index (χ3v) is 4.84. The molecule has 0 amide bonds. The number of H-pyrrole nitrogens is 1. The molecular formula is C19H14Cl2N4O2. The van der Waals surface area contributed by atoms with Gasteiger partial charge in [0.05, 0.1) is 10.7 Å². The Hall–Kier alpha value is -2.83. The number of ether oxygens (including phenoxy) is 1. The van der Waals surface area contributed by atoms with Gasteiger partial charge in [-0.2, -0.15) is 9.50 Å². The van der Waals surface area contributed by atoms with Crippen LogP contribution >= 0.6 is 23.2 Å². The van der Waals surface area contributed by atoms with Gasteiger partial charge in [0.25, 0.3) is 5.56 Å². The van der Waals surface area contributed by atoms with Crippen LogP contribution < -0.4 is 10.3 Å². The number of hydrogen-bond donors (Lipinski definition) is 1. The van der Waals surface area contributed by atoms with Crippen LogP contribution in [0.15, 0.2) is 53.3 Å². The Labute approximate surface area is 164 Å². The van der Waals surface area contributed by atoms with Crippen molar-refractivity contribution in [2.24, 2.45) is 0 Å². The molecule has 0 aliphatic heterocycles. The lowest BCUT2D eigenvalue weighted by Crippen LogP contribution is -2.16. The minimum atomic E-state index is -0.309. The maximum atomic E-state index is 12.4. The van der Waals surface area contributed by atoms with Crippen LogP contribution in [0, 0.1) is 6.92 Å². The van der Waals surface area contributed by atoms with Crippen LogP contribution in [0.4, 0.5) is 0 Å². The number of fused-ring (bicyclic) bond motifs is 1. The molecule has 27 heavy (non-hydrogen) atoms. The van der Waals surface area contributed by atoms with E-state index in [1.807, 2.05) is 31.2 Å². The summed E-state index contributed by atoms with van der Waals surface area (Å²) in [6.45, 7) is 2.04. The van der Waals surface area contributed by atoms with Crippen molar-refractivity contribution >= 4 is 29.0 Å². The van der Waals surface area contributed by atoms with Crippen molar-refractivity contribution in [1.29, 1.82) is 0 Å². The van der Waals surface area contributed by atoms with E-state index in [0.29, 0.717) is 38.7 Å². The normalized spacial score (nSPS) is 11.1. The molecule has 6 nitrogen and oxygen atoms in total. The quantitative estimate of drug-likeness (QED) is 0.554. The van der Waals surface area contributed by atoms with Gasteiger partial charge in [0.2, 0.25) is 5.78 Å². The minimum absolute atomic E-state index is 0.168. The van der Waals surface area contributed by atoms with Gasteiger partial charge in [0, 0.05) is 22.2 Å². The molecule has 0 unspecified atom stereocenters. The second-order valence-corrected chi connectivity index (χ2v) is 6.75. The monoisotopic (exact) mass is 400 g/mol. The van der Waals surface area contributed by atoms with E-state index in [2.05, 4.69) is 15.1 Å². The van der Waals surface area contributed by atoms with Crippen molar-refractivity contribution in [1.82, 2.24) is 19.6 Å². The Morgan fingerprint density at radius 3 is 2.70 bits per heavy atom. The zero-order chi connectivity index (χ0) is 19.0. The highest BCUT2D eigenvalue weighted by Crippen LogP contribution is 2.26. The predicted molar refractivity (Wildman–Crippen MR) is 105 cm³/mol. The molecule has 8 heteroatoms. The fourth-order valence-corrected chi connectivity index (χ4v) is 3.06. The van der Waals surface area contributed by atoms with Gasteiger partial charge in [-0.15, -0.1) is 5.10 Å². The Bertz CT molecular complexity index is 1200. The zero-order valence-corrected chi connectivity index (χ0v) is 15.8. The fourth-order valence-electron chi connectivity index (χ4n) is 2.67. The van der Waals surface area contributed by atoms with Crippen molar-refractivity contribution in [2.45, 2.75) is 13.5 Å². The van der Waals surface area contributed by atoms with Crippen LogP contribution in [0.2, 0.25) is 10.0 Å². The maximum Gasteiger partial charge on any atom is 0.276 e. The van der Waals surface area contributed by atoms with E-state index in [4.69, 9.17) is 27.9 Å². The smallest absolute Gasteiger partial charge is 0.276 e. The average Bonchev–Trinajstić information content (AvgIpc) is 3.08. The van der Waals surface area contributed by atoms with Gasteiger partial charge in [-0.1, -0.05) is 41.4 Å². The lowest BCUT2D eigenvalue weighted by Gasteiger charge is -2.09. The van der Waals surface area contributed by atoms with Gasteiger partial charge in [0.15, 0.2) is 5.82 Å². The molecule has 136 valence electrons. The number of nitrogens with zero attached hydrogens (tertiary/aromatic N) is 3. The molecule has 0 bridgehead atoms. The summed E-state index contributed by atoms with van der Waals surface area (Å²) in [4.78, 5) is 19.8. The van der Waals surface area contributed by atoms with Crippen LogP contribution in [0.5, 0.6) is 5.75 Å². The fraction of sp³-hybridized carbons (Fsp3) is 0.105. The van der Waals surface area contributed by atoms with Crippen LogP contribution in [0.1, 0.15) is 11.3 Å². The molecule has 0 saturated heterocycles. The maximum absolute atomic E-state index is 12.4. The molecule has 4 rings (SSSR count). The lowest BCUT2D eigenvalue weighted by atomic mass is 10.2. The minimum Gasteiger partial charge on any atom is -0.487 e. The Morgan fingerprint density at radius 2 is 1.89 bits per heavy atom. The number of rotatable bonds is 4. The largest absolute Gasteiger partial charge is 0.487 e. The second-order valence-electron chi connectivity index (χ2n) is 5.94. The molecule has 2 aromatic carbocycles. The van der Waals surface area contributed by atoms with Crippen molar-refractivity contribution in [3.8, 4) is 17.1 Å². The summed E-state index contributed by atoms with van der Waals surface area (Å²) in [5, 5.41) is 5.39. The van der Waals surface area contributed by atoms with Crippen molar-refractivity contribution < 1.29 is 4.74 Å². The zero-order valence-electron chi connectivity index (χ0n) is 14.2. The molecule has 0 spiro atoms. The highest BCUT2D eigenvalue weighted by molar-refractivity contribution is 6.33. The van der Waals surface area contributed by atoms with Crippen LogP contribution in [-0.4, -0.2) is 19.6 Å². The standard InChI is InChI=1S/C19H14Cl2N4O2/c1-11-14(20)7-4-8-16(11)27-10-12-9-17(26)25-19(22-12)23-18(24-25)13-5-2-3-6-15(13)21/h2-9H,10H2,1H3,(H,22,23,24). The second kappa shape index (κ2) is 7.06. The van der Waals surface area contributed by atoms with Crippen LogP contribution in [0.25, 0.3) is 17.2 Å². The van der Waals surface area contributed by atoms with Crippen molar-refractivity contribution in [3.63, 3.8) is 0 Å². The lowest BCUT2D eigenvalue weighted by molar-refractivity contribution is 0.299. The first-order valence-corrected chi connectivity index (χ1v) is 8.90. The number of aromatic nitrogens is 4. The highest BCUT2D eigenvalue weighted by atomic mass is 35.5. The molecule has 0 aliphatic rings. The van der Waals surface area contributed by atoms with Crippen molar-refractivity contribution in [3.05, 3.63) is 80.2 Å². The SMILES string of the molecule is Cc1c(Cl)cccc1OCc1cc(=O)n2nc(-c3ccccc3Cl)nc2[nH]1. The van der Waals surface area contributed by atoms with Gasteiger partial charge in [-0.25, -0.2) is 0 Å². The van der Waals surface area contributed by atoms with E-state index in [1.54, 1.807) is 18.2 Å². The summed E-state index contributed by atoms with van der Waals surface area (Å²) in [5.74, 6) is 1.35. The van der Waals surface area contributed by atoms with E-state index in [0.717, 1.165) is 5.56 Å². The summed E-state index contributed by atoms with van der Waals surface area (Å²) in [5.41, 5.74) is 1.76. The molecule has 0 saturated carbocycles.